The maximum Gasteiger partial charge on any atom is 0.227 e. The van der Waals surface area contributed by atoms with Crippen molar-refractivity contribution in [3.8, 4) is 6.07 Å². The zero-order chi connectivity index (χ0) is 23.6. The van der Waals surface area contributed by atoms with E-state index in [0.717, 1.165) is 17.7 Å². The average molecular weight is 467 g/mol. The van der Waals surface area contributed by atoms with E-state index in [2.05, 4.69) is 11.4 Å². The number of aromatic nitrogens is 2. The van der Waals surface area contributed by atoms with Gasteiger partial charge in [0.15, 0.2) is 0 Å². The summed E-state index contributed by atoms with van der Waals surface area (Å²) in [5, 5.41) is 13.3. The topological polar surface area (TPSA) is 102 Å². The Bertz CT molecular complexity index is 1100. The van der Waals surface area contributed by atoms with Gasteiger partial charge in [-0.05, 0) is 25.3 Å². The summed E-state index contributed by atoms with van der Waals surface area (Å²) in [5.41, 5.74) is 1.19. The average Bonchev–Trinajstić information content (AvgIpc) is 3.21. The van der Waals surface area contributed by atoms with Gasteiger partial charge in [0.05, 0.1) is 28.0 Å². The number of anilines is 2. The fourth-order valence-corrected chi connectivity index (χ4v) is 5.65. The number of nitrogens with one attached hydrogen (secondary N) is 1. The molecular formula is C24H30N6O2S. The van der Waals surface area contributed by atoms with Crippen LogP contribution < -0.4 is 10.2 Å². The third-order valence-corrected chi connectivity index (χ3v) is 8.05. The minimum atomic E-state index is -1.12. The number of carbonyl (C=O) groups excluding carboxylic acids is 1. The zero-order valence-corrected chi connectivity index (χ0v) is 20.2. The molecule has 0 bridgehead atoms. The van der Waals surface area contributed by atoms with Gasteiger partial charge in [-0.2, -0.15) is 10.2 Å². The number of hydrogen-bond donors (Lipinski definition) is 1. The van der Waals surface area contributed by atoms with Gasteiger partial charge in [0, 0.05) is 51.8 Å². The Balaban J connectivity index is 1.54. The van der Waals surface area contributed by atoms with Crippen LogP contribution in [0.1, 0.15) is 37.4 Å². The van der Waals surface area contributed by atoms with E-state index in [1.165, 1.54) is 0 Å². The highest BCUT2D eigenvalue weighted by atomic mass is 32.2. The van der Waals surface area contributed by atoms with Crippen LogP contribution in [0.15, 0.2) is 35.2 Å². The van der Waals surface area contributed by atoms with E-state index in [0.29, 0.717) is 54.8 Å². The highest BCUT2D eigenvalue weighted by Gasteiger charge is 2.31. The molecule has 3 atom stereocenters. The van der Waals surface area contributed by atoms with E-state index in [4.69, 9.17) is 9.97 Å². The summed E-state index contributed by atoms with van der Waals surface area (Å²) in [4.78, 5) is 25.7. The number of likely N-dealkylation sites (N-methyl/N-ethyl adjacent to an activating group) is 1. The second-order valence-electron chi connectivity index (χ2n) is 9.08. The van der Waals surface area contributed by atoms with Crippen LogP contribution in [0.3, 0.4) is 0 Å². The number of fused-ring (bicyclic) bond motifs is 1. The molecule has 2 unspecified atom stereocenters. The molecule has 0 spiro atoms. The Labute approximate surface area is 197 Å². The number of piperidine rings is 1. The molecule has 2 aliphatic heterocycles. The van der Waals surface area contributed by atoms with Crippen LogP contribution in [-0.4, -0.2) is 64.0 Å². The summed E-state index contributed by atoms with van der Waals surface area (Å²) in [6, 6.07) is 12.3. The summed E-state index contributed by atoms with van der Waals surface area (Å²) in [6.45, 7) is 3.14. The number of amides is 1. The van der Waals surface area contributed by atoms with Crippen LogP contribution in [0.25, 0.3) is 0 Å². The summed E-state index contributed by atoms with van der Waals surface area (Å²) < 4.78 is 12.7. The predicted molar refractivity (Wildman–Crippen MR) is 129 cm³/mol. The van der Waals surface area contributed by atoms with Crippen molar-refractivity contribution < 1.29 is 9.00 Å². The van der Waals surface area contributed by atoms with Crippen LogP contribution in [0.4, 0.5) is 11.8 Å². The Kier molecular flexibility index (Phi) is 6.66. The molecule has 4 rings (SSSR count). The van der Waals surface area contributed by atoms with E-state index < -0.39 is 16.2 Å². The lowest BCUT2D eigenvalue weighted by Crippen LogP contribution is -2.43. The van der Waals surface area contributed by atoms with E-state index >= 15 is 0 Å². The van der Waals surface area contributed by atoms with Crippen molar-refractivity contribution in [2.45, 2.75) is 49.0 Å². The number of hydrogen-bond acceptors (Lipinski definition) is 7. The SMILES string of the molecule is CN1C[C@@H](Nc2nc(N(C)CCC(C)(C#N)c3ccccc3)nc3c2S(=O)CC3)CCC1=O. The van der Waals surface area contributed by atoms with Gasteiger partial charge < -0.3 is 15.1 Å². The zero-order valence-electron chi connectivity index (χ0n) is 19.4. The van der Waals surface area contributed by atoms with Crippen molar-refractivity contribution in [1.29, 1.82) is 5.26 Å². The number of carbonyl (C=O) groups is 1. The first-order valence-electron chi connectivity index (χ1n) is 11.3. The minimum absolute atomic E-state index is 0.0578. The van der Waals surface area contributed by atoms with E-state index in [1.54, 1.807) is 11.9 Å². The Morgan fingerprint density at radius 3 is 2.76 bits per heavy atom. The summed E-state index contributed by atoms with van der Waals surface area (Å²) in [5.74, 6) is 1.86. The van der Waals surface area contributed by atoms with Gasteiger partial charge in [-0.1, -0.05) is 30.3 Å². The van der Waals surface area contributed by atoms with Crippen molar-refractivity contribution in [3.63, 3.8) is 0 Å². The van der Waals surface area contributed by atoms with Crippen molar-refractivity contribution in [1.82, 2.24) is 14.9 Å². The first kappa shape index (κ1) is 23.2. The first-order chi connectivity index (χ1) is 15.8. The monoisotopic (exact) mass is 466 g/mol. The molecule has 174 valence electrons. The molecule has 0 radical (unpaired) electrons. The summed E-state index contributed by atoms with van der Waals surface area (Å²) in [7, 11) is 2.60. The van der Waals surface area contributed by atoms with E-state index in [-0.39, 0.29) is 11.9 Å². The smallest absolute Gasteiger partial charge is 0.227 e. The lowest BCUT2D eigenvalue weighted by molar-refractivity contribution is -0.132. The number of nitriles is 1. The molecule has 9 heteroatoms. The second-order valence-corrected chi connectivity index (χ2v) is 10.6. The van der Waals surface area contributed by atoms with Gasteiger partial charge in [0.2, 0.25) is 11.9 Å². The summed E-state index contributed by atoms with van der Waals surface area (Å²) >= 11 is 0. The molecule has 1 fully saturated rings. The molecule has 8 nitrogen and oxygen atoms in total. The number of aryl methyl sites for hydroxylation is 1. The number of benzene rings is 1. The molecule has 0 aliphatic carbocycles. The van der Waals surface area contributed by atoms with Gasteiger partial charge in [-0.25, -0.2) is 4.98 Å². The van der Waals surface area contributed by atoms with Gasteiger partial charge >= 0.3 is 0 Å². The molecule has 3 heterocycles. The Morgan fingerprint density at radius 2 is 2.06 bits per heavy atom. The standard InChI is InChI=1S/C24H30N6O2S/c1-24(16-25,17-7-5-4-6-8-17)12-13-29(2)23-27-19-11-14-33(32)21(19)22(28-23)26-18-9-10-20(31)30(3)15-18/h4-8,18H,9-15H2,1-3H3,(H,26,27,28)/t18-,24?,33?/m0/s1. The first-order valence-corrected chi connectivity index (χ1v) is 12.6. The highest BCUT2D eigenvalue weighted by molar-refractivity contribution is 7.85. The highest BCUT2D eigenvalue weighted by Crippen LogP contribution is 2.32. The molecule has 0 saturated carbocycles. The van der Waals surface area contributed by atoms with Crippen LogP contribution in [0, 0.1) is 11.3 Å². The lowest BCUT2D eigenvalue weighted by Gasteiger charge is -2.31. The molecule has 1 saturated heterocycles. The number of rotatable bonds is 7. The molecular weight excluding hydrogens is 436 g/mol. The Morgan fingerprint density at radius 1 is 1.30 bits per heavy atom. The molecule has 1 aromatic heterocycles. The van der Waals surface area contributed by atoms with Gasteiger partial charge in [0.1, 0.15) is 10.7 Å². The maximum atomic E-state index is 12.7. The van der Waals surface area contributed by atoms with Gasteiger partial charge in [0.25, 0.3) is 0 Å². The van der Waals surface area contributed by atoms with E-state index in [1.807, 2.05) is 49.2 Å². The maximum absolute atomic E-state index is 12.7. The van der Waals surface area contributed by atoms with Crippen LogP contribution >= 0.6 is 0 Å². The van der Waals surface area contributed by atoms with E-state index in [9.17, 15) is 14.3 Å². The molecule has 33 heavy (non-hydrogen) atoms. The number of likely N-dealkylation sites (tertiary alicyclic amines) is 1. The van der Waals surface area contributed by atoms with Crippen molar-refractivity contribution in [2.24, 2.45) is 0 Å². The number of nitrogens with zero attached hydrogens (tertiary/aromatic N) is 5. The second kappa shape index (κ2) is 9.48. The Hall–Kier alpha value is -2.99. The van der Waals surface area contributed by atoms with Crippen LogP contribution in [0.5, 0.6) is 0 Å². The van der Waals surface area contributed by atoms with Crippen molar-refractivity contribution in [2.75, 3.05) is 43.2 Å². The predicted octanol–water partition coefficient (Wildman–Crippen LogP) is 2.48. The molecule has 2 aromatic rings. The fourth-order valence-electron chi connectivity index (χ4n) is 4.34. The van der Waals surface area contributed by atoms with Gasteiger partial charge in [-0.3, -0.25) is 9.00 Å². The summed E-state index contributed by atoms with van der Waals surface area (Å²) in [6.07, 6.45) is 2.48. The fraction of sp³-hybridized carbons (Fsp3) is 0.500. The third kappa shape index (κ3) is 4.86. The quantitative estimate of drug-likeness (QED) is 0.669. The van der Waals surface area contributed by atoms with Crippen LogP contribution in [0.2, 0.25) is 0 Å². The normalized spacial score (nSPS) is 21.8. The minimum Gasteiger partial charge on any atom is -0.364 e. The van der Waals surface area contributed by atoms with Gasteiger partial charge in [-0.15, -0.1) is 0 Å². The molecule has 1 aromatic carbocycles. The largest absolute Gasteiger partial charge is 0.364 e. The lowest BCUT2D eigenvalue weighted by atomic mass is 9.81. The van der Waals surface area contributed by atoms with Crippen LogP contribution in [-0.2, 0) is 27.4 Å². The van der Waals surface area contributed by atoms with Crippen molar-refractivity contribution >= 4 is 28.5 Å². The third-order valence-electron chi connectivity index (χ3n) is 6.59. The molecule has 1 N–H and O–H groups in total. The van der Waals surface area contributed by atoms with Crippen molar-refractivity contribution in [3.05, 3.63) is 41.6 Å². The molecule has 1 amide bonds. The molecule has 2 aliphatic rings.